The molecule has 0 aromatic carbocycles. The molecule has 1 aromatic heterocycles. The molecule has 1 aliphatic carbocycles. The van der Waals surface area contributed by atoms with Crippen molar-refractivity contribution in [1.29, 1.82) is 0 Å². The van der Waals surface area contributed by atoms with Crippen LogP contribution in [0.4, 0.5) is 0 Å². The third kappa shape index (κ3) is 2.71. The maximum Gasteiger partial charge on any atom is 0.276 e. The SMILES string of the molecule is CN(CC(O)C1CC1)C(=O)c1ncoc1C1CCCO1. The molecule has 2 unspecified atom stereocenters. The van der Waals surface area contributed by atoms with Gasteiger partial charge in [-0.2, -0.15) is 0 Å². The van der Waals surface area contributed by atoms with Crippen molar-refractivity contribution in [3.8, 4) is 0 Å². The van der Waals surface area contributed by atoms with E-state index in [1.807, 2.05) is 0 Å². The van der Waals surface area contributed by atoms with Crippen LogP contribution in [0.1, 0.15) is 48.0 Å². The van der Waals surface area contributed by atoms with Gasteiger partial charge in [-0.1, -0.05) is 0 Å². The Labute approximate surface area is 117 Å². The van der Waals surface area contributed by atoms with Crippen LogP contribution < -0.4 is 0 Å². The van der Waals surface area contributed by atoms with Gasteiger partial charge in [0.25, 0.3) is 5.91 Å². The molecule has 2 aliphatic rings. The fraction of sp³-hybridized carbons (Fsp3) is 0.714. The first-order chi connectivity index (χ1) is 9.66. The number of hydrogen-bond donors (Lipinski definition) is 1. The van der Waals surface area contributed by atoms with Gasteiger partial charge in [-0.25, -0.2) is 4.98 Å². The van der Waals surface area contributed by atoms with E-state index < -0.39 is 6.10 Å². The van der Waals surface area contributed by atoms with Crippen LogP contribution in [-0.2, 0) is 4.74 Å². The molecule has 0 spiro atoms. The Morgan fingerprint density at radius 2 is 2.35 bits per heavy atom. The largest absolute Gasteiger partial charge is 0.445 e. The Hall–Kier alpha value is -1.40. The first-order valence-corrected chi connectivity index (χ1v) is 7.15. The highest BCUT2D eigenvalue weighted by Gasteiger charge is 2.33. The van der Waals surface area contributed by atoms with Crippen LogP contribution in [0.2, 0.25) is 0 Å². The van der Waals surface area contributed by atoms with E-state index in [9.17, 15) is 9.90 Å². The lowest BCUT2D eigenvalue weighted by molar-refractivity contribution is 0.0619. The number of oxazole rings is 1. The number of aromatic nitrogens is 1. The molecular weight excluding hydrogens is 260 g/mol. The van der Waals surface area contributed by atoms with Crippen LogP contribution in [0, 0.1) is 5.92 Å². The number of carbonyl (C=O) groups excluding carboxylic acids is 1. The van der Waals surface area contributed by atoms with Crippen molar-refractivity contribution in [2.24, 2.45) is 5.92 Å². The highest BCUT2D eigenvalue weighted by molar-refractivity contribution is 5.93. The van der Waals surface area contributed by atoms with Crippen molar-refractivity contribution in [1.82, 2.24) is 9.88 Å². The molecule has 1 aliphatic heterocycles. The summed E-state index contributed by atoms with van der Waals surface area (Å²) in [5, 5.41) is 9.92. The minimum absolute atomic E-state index is 0.168. The van der Waals surface area contributed by atoms with Gasteiger partial charge in [0.2, 0.25) is 0 Å². The van der Waals surface area contributed by atoms with E-state index in [4.69, 9.17) is 9.15 Å². The highest BCUT2D eigenvalue weighted by Crippen LogP contribution is 2.33. The number of aliphatic hydroxyl groups is 1. The van der Waals surface area contributed by atoms with Crippen molar-refractivity contribution < 1.29 is 19.1 Å². The number of aliphatic hydroxyl groups excluding tert-OH is 1. The van der Waals surface area contributed by atoms with Crippen molar-refractivity contribution in [2.75, 3.05) is 20.2 Å². The van der Waals surface area contributed by atoms with E-state index in [0.717, 1.165) is 25.7 Å². The Morgan fingerprint density at radius 3 is 3.00 bits per heavy atom. The molecule has 1 saturated carbocycles. The van der Waals surface area contributed by atoms with Gasteiger partial charge in [0.1, 0.15) is 6.10 Å². The van der Waals surface area contributed by atoms with E-state index in [1.54, 1.807) is 7.05 Å². The standard InChI is InChI=1S/C14H20N2O4/c1-16(7-10(17)9-4-5-9)14(18)12-13(20-8-15-12)11-3-2-6-19-11/h8-11,17H,2-7H2,1H3. The van der Waals surface area contributed by atoms with Crippen LogP contribution in [0.25, 0.3) is 0 Å². The predicted molar refractivity (Wildman–Crippen MR) is 70.1 cm³/mol. The average Bonchev–Trinajstić information content (AvgIpc) is 2.96. The van der Waals surface area contributed by atoms with Gasteiger partial charge in [-0.3, -0.25) is 4.79 Å². The summed E-state index contributed by atoms with van der Waals surface area (Å²) in [6, 6.07) is 0. The van der Waals surface area contributed by atoms with E-state index in [2.05, 4.69) is 4.98 Å². The molecule has 6 heteroatoms. The molecule has 0 bridgehead atoms. The summed E-state index contributed by atoms with van der Waals surface area (Å²) in [5.74, 6) is 0.643. The third-order valence-electron chi connectivity index (χ3n) is 3.99. The topological polar surface area (TPSA) is 75.8 Å². The summed E-state index contributed by atoms with van der Waals surface area (Å²) >= 11 is 0. The molecule has 1 amide bonds. The number of carbonyl (C=O) groups is 1. The smallest absolute Gasteiger partial charge is 0.276 e. The van der Waals surface area contributed by atoms with E-state index >= 15 is 0 Å². The third-order valence-corrected chi connectivity index (χ3v) is 3.99. The van der Waals surface area contributed by atoms with Gasteiger partial charge in [0, 0.05) is 20.2 Å². The number of hydrogen-bond acceptors (Lipinski definition) is 5. The van der Waals surface area contributed by atoms with Gasteiger partial charge >= 0.3 is 0 Å². The Bertz CT molecular complexity index is 477. The Balaban J connectivity index is 1.68. The summed E-state index contributed by atoms with van der Waals surface area (Å²) in [5.41, 5.74) is 0.308. The van der Waals surface area contributed by atoms with Crippen LogP contribution in [0.5, 0.6) is 0 Å². The molecule has 1 aromatic rings. The molecular formula is C14H20N2O4. The zero-order valence-corrected chi connectivity index (χ0v) is 11.6. The van der Waals surface area contributed by atoms with Gasteiger partial charge < -0.3 is 19.2 Å². The molecule has 2 atom stereocenters. The van der Waals surface area contributed by atoms with Gasteiger partial charge in [0.05, 0.1) is 6.10 Å². The summed E-state index contributed by atoms with van der Waals surface area (Å²) < 4.78 is 10.9. The number of nitrogens with zero attached hydrogens (tertiary/aromatic N) is 2. The lowest BCUT2D eigenvalue weighted by atomic mass is 10.1. The fourth-order valence-electron chi connectivity index (χ4n) is 2.60. The van der Waals surface area contributed by atoms with Crippen LogP contribution >= 0.6 is 0 Å². The molecule has 0 radical (unpaired) electrons. The van der Waals surface area contributed by atoms with Crippen LogP contribution in [-0.4, -0.2) is 47.2 Å². The second kappa shape index (κ2) is 5.54. The summed E-state index contributed by atoms with van der Waals surface area (Å²) in [6.07, 6.45) is 4.59. The normalized spacial score (nSPS) is 23.8. The van der Waals surface area contributed by atoms with Gasteiger partial charge in [0.15, 0.2) is 17.8 Å². The second-order valence-corrected chi connectivity index (χ2v) is 5.66. The minimum atomic E-state index is -0.443. The fourth-order valence-corrected chi connectivity index (χ4v) is 2.60. The summed E-state index contributed by atoms with van der Waals surface area (Å²) in [7, 11) is 1.68. The summed E-state index contributed by atoms with van der Waals surface area (Å²) in [4.78, 5) is 17.9. The quantitative estimate of drug-likeness (QED) is 0.881. The molecule has 2 heterocycles. The molecule has 1 N–H and O–H groups in total. The van der Waals surface area contributed by atoms with Crippen molar-refractivity contribution >= 4 is 5.91 Å². The van der Waals surface area contributed by atoms with Gasteiger partial charge in [-0.15, -0.1) is 0 Å². The van der Waals surface area contributed by atoms with E-state index in [1.165, 1.54) is 11.3 Å². The molecule has 6 nitrogen and oxygen atoms in total. The molecule has 2 fully saturated rings. The Morgan fingerprint density at radius 1 is 1.55 bits per heavy atom. The number of rotatable bonds is 5. The second-order valence-electron chi connectivity index (χ2n) is 5.66. The molecule has 20 heavy (non-hydrogen) atoms. The maximum atomic E-state index is 12.4. The van der Waals surface area contributed by atoms with Crippen molar-refractivity contribution in [2.45, 2.75) is 37.9 Å². The highest BCUT2D eigenvalue weighted by atomic mass is 16.5. The summed E-state index contributed by atoms with van der Waals surface area (Å²) in [6.45, 7) is 1.02. The first-order valence-electron chi connectivity index (χ1n) is 7.15. The zero-order valence-electron chi connectivity index (χ0n) is 11.6. The Kier molecular flexibility index (Phi) is 3.76. The van der Waals surface area contributed by atoms with E-state index in [0.29, 0.717) is 30.5 Å². The van der Waals surface area contributed by atoms with Crippen molar-refractivity contribution in [3.63, 3.8) is 0 Å². The number of likely N-dealkylation sites (N-methyl/N-ethyl adjacent to an activating group) is 1. The van der Waals surface area contributed by atoms with Crippen LogP contribution in [0.15, 0.2) is 10.8 Å². The van der Waals surface area contributed by atoms with Crippen LogP contribution in [0.3, 0.4) is 0 Å². The van der Waals surface area contributed by atoms with E-state index in [-0.39, 0.29) is 12.0 Å². The molecule has 3 rings (SSSR count). The average molecular weight is 280 g/mol. The molecule has 1 saturated heterocycles. The number of amides is 1. The minimum Gasteiger partial charge on any atom is -0.445 e. The lowest BCUT2D eigenvalue weighted by Gasteiger charge is -2.20. The lowest BCUT2D eigenvalue weighted by Crippen LogP contribution is -2.36. The monoisotopic (exact) mass is 280 g/mol. The van der Waals surface area contributed by atoms with Crippen molar-refractivity contribution in [3.05, 3.63) is 17.8 Å². The molecule has 110 valence electrons. The zero-order chi connectivity index (χ0) is 14.1. The maximum absolute atomic E-state index is 12.4. The first kappa shape index (κ1) is 13.6. The predicted octanol–water partition coefficient (Wildman–Crippen LogP) is 1.37. The van der Waals surface area contributed by atoms with Gasteiger partial charge in [-0.05, 0) is 31.6 Å². The number of ether oxygens (including phenoxy) is 1.